The summed E-state index contributed by atoms with van der Waals surface area (Å²) in [6, 6.07) is 0.236. The number of hydrogen-bond acceptors (Lipinski definition) is 3. The van der Waals surface area contributed by atoms with Crippen molar-refractivity contribution in [1.29, 1.82) is 0 Å². The first-order chi connectivity index (χ1) is 6.68. The molecule has 0 radical (unpaired) electrons. The minimum absolute atomic E-state index is 0.236. The van der Waals surface area contributed by atoms with Crippen LogP contribution in [0, 0.1) is 5.92 Å². The predicted molar refractivity (Wildman–Crippen MR) is 57.2 cm³/mol. The molecule has 1 heterocycles. The number of hydrogen-bond donors (Lipinski definition) is 1. The zero-order valence-electron chi connectivity index (χ0n) is 9.37. The van der Waals surface area contributed by atoms with Gasteiger partial charge < -0.3 is 15.2 Å². The third-order valence-corrected chi connectivity index (χ3v) is 2.66. The first-order valence-corrected chi connectivity index (χ1v) is 5.63. The van der Waals surface area contributed by atoms with Crippen molar-refractivity contribution in [2.45, 2.75) is 45.3 Å². The second-order valence-corrected chi connectivity index (χ2v) is 4.41. The quantitative estimate of drug-likeness (QED) is 0.734. The van der Waals surface area contributed by atoms with Gasteiger partial charge in [-0.1, -0.05) is 0 Å². The fourth-order valence-electron chi connectivity index (χ4n) is 1.81. The average molecular weight is 201 g/mol. The van der Waals surface area contributed by atoms with Crippen molar-refractivity contribution in [1.82, 2.24) is 0 Å². The zero-order chi connectivity index (χ0) is 10.4. The maximum Gasteiger partial charge on any atom is 0.0561 e. The van der Waals surface area contributed by atoms with E-state index in [1.54, 1.807) is 0 Å². The molecule has 0 aliphatic carbocycles. The Kier molecular flexibility index (Phi) is 5.45. The van der Waals surface area contributed by atoms with Crippen LogP contribution in [0.25, 0.3) is 0 Å². The van der Waals surface area contributed by atoms with Gasteiger partial charge in [0.05, 0.1) is 6.10 Å². The first-order valence-electron chi connectivity index (χ1n) is 5.63. The van der Waals surface area contributed by atoms with Crippen LogP contribution in [0.3, 0.4) is 0 Å². The molecule has 0 aromatic rings. The van der Waals surface area contributed by atoms with Crippen LogP contribution in [-0.4, -0.2) is 32.0 Å². The Morgan fingerprint density at radius 3 is 2.57 bits per heavy atom. The molecule has 1 fully saturated rings. The summed E-state index contributed by atoms with van der Waals surface area (Å²) in [5.74, 6) is 0.694. The topological polar surface area (TPSA) is 44.5 Å². The van der Waals surface area contributed by atoms with Crippen molar-refractivity contribution in [2.75, 3.05) is 19.8 Å². The standard InChI is InChI=1S/C11H23NO2/c1-9(12)7-10(2)14-8-11-3-5-13-6-4-11/h9-11H,3-8,12H2,1-2H3. The van der Waals surface area contributed by atoms with Crippen LogP contribution in [0.5, 0.6) is 0 Å². The van der Waals surface area contributed by atoms with Crippen LogP contribution < -0.4 is 5.73 Å². The molecule has 3 heteroatoms. The zero-order valence-corrected chi connectivity index (χ0v) is 9.37. The van der Waals surface area contributed by atoms with E-state index in [4.69, 9.17) is 15.2 Å². The van der Waals surface area contributed by atoms with E-state index in [2.05, 4.69) is 6.92 Å². The van der Waals surface area contributed by atoms with E-state index in [1.165, 1.54) is 0 Å². The van der Waals surface area contributed by atoms with Crippen molar-refractivity contribution in [3.05, 3.63) is 0 Å². The third kappa shape index (κ3) is 4.94. The van der Waals surface area contributed by atoms with Crippen molar-refractivity contribution >= 4 is 0 Å². The molecule has 1 saturated heterocycles. The Labute approximate surface area is 86.9 Å². The van der Waals surface area contributed by atoms with Gasteiger partial charge in [0.1, 0.15) is 0 Å². The van der Waals surface area contributed by atoms with Crippen LogP contribution in [0.4, 0.5) is 0 Å². The van der Waals surface area contributed by atoms with Gasteiger partial charge in [-0.3, -0.25) is 0 Å². The molecule has 2 atom stereocenters. The van der Waals surface area contributed by atoms with E-state index in [0.717, 1.165) is 39.1 Å². The molecule has 1 aliphatic heterocycles. The summed E-state index contributed by atoms with van der Waals surface area (Å²) in [6.45, 7) is 6.79. The summed E-state index contributed by atoms with van der Waals surface area (Å²) in [5.41, 5.74) is 5.70. The summed E-state index contributed by atoms with van der Waals surface area (Å²) < 4.78 is 11.1. The van der Waals surface area contributed by atoms with Crippen LogP contribution in [0.15, 0.2) is 0 Å². The lowest BCUT2D eigenvalue weighted by Crippen LogP contribution is -2.26. The molecule has 0 spiro atoms. The highest BCUT2D eigenvalue weighted by Crippen LogP contribution is 2.16. The molecule has 0 amide bonds. The highest BCUT2D eigenvalue weighted by molar-refractivity contribution is 4.65. The van der Waals surface area contributed by atoms with E-state index in [9.17, 15) is 0 Å². The van der Waals surface area contributed by atoms with E-state index in [-0.39, 0.29) is 12.1 Å². The Balaban J connectivity index is 2.06. The maximum absolute atomic E-state index is 5.76. The maximum atomic E-state index is 5.76. The molecule has 0 aromatic carbocycles. The summed E-state index contributed by atoms with van der Waals surface area (Å²) in [4.78, 5) is 0. The normalized spacial score (nSPS) is 23.4. The van der Waals surface area contributed by atoms with Crippen molar-refractivity contribution in [3.8, 4) is 0 Å². The second kappa shape index (κ2) is 6.38. The average Bonchev–Trinajstić information content (AvgIpc) is 2.15. The second-order valence-electron chi connectivity index (χ2n) is 4.41. The molecular weight excluding hydrogens is 178 g/mol. The largest absolute Gasteiger partial charge is 0.381 e. The number of nitrogens with two attached hydrogens (primary N) is 1. The SMILES string of the molecule is CC(N)CC(C)OCC1CCOCC1. The molecule has 2 N–H and O–H groups in total. The molecule has 0 bridgehead atoms. The summed E-state index contributed by atoms with van der Waals surface area (Å²) >= 11 is 0. The first kappa shape index (κ1) is 12.0. The van der Waals surface area contributed by atoms with Gasteiger partial charge in [-0.15, -0.1) is 0 Å². The van der Waals surface area contributed by atoms with Gasteiger partial charge in [0.2, 0.25) is 0 Å². The van der Waals surface area contributed by atoms with Gasteiger partial charge >= 0.3 is 0 Å². The Morgan fingerprint density at radius 2 is 2.00 bits per heavy atom. The van der Waals surface area contributed by atoms with Crippen LogP contribution in [-0.2, 0) is 9.47 Å². The Hall–Kier alpha value is -0.120. The van der Waals surface area contributed by atoms with E-state index in [1.807, 2.05) is 6.92 Å². The van der Waals surface area contributed by atoms with Gasteiger partial charge in [0.25, 0.3) is 0 Å². The molecule has 0 aromatic heterocycles. The lowest BCUT2D eigenvalue weighted by molar-refractivity contribution is -0.00854. The van der Waals surface area contributed by atoms with E-state index < -0.39 is 0 Å². The Morgan fingerprint density at radius 1 is 1.36 bits per heavy atom. The minimum atomic E-state index is 0.236. The van der Waals surface area contributed by atoms with Crippen molar-refractivity contribution in [2.24, 2.45) is 11.7 Å². The van der Waals surface area contributed by atoms with Crippen molar-refractivity contribution < 1.29 is 9.47 Å². The monoisotopic (exact) mass is 201 g/mol. The summed E-state index contributed by atoms with van der Waals surface area (Å²) in [6.07, 6.45) is 3.52. The smallest absolute Gasteiger partial charge is 0.0561 e. The molecule has 2 unspecified atom stereocenters. The van der Waals surface area contributed by atoms with Gasteiger partial charge in [-0.25, -0.2) is 0 Å². The molecule has 1 rings (SSSR count). The highest BCUT2D eigenvalue weighted by atomic mass is 16.5. The number of ether oxygens (including phenoxy) is 2. The van der Waals surface area contributed by atoms with E-state index >= 15 is 0 Å². The highest BCUT2D eigenvalue weighted by Gasteiger charge is 2.15. The summed E-state index contributed by atoms with van der Waals surface area (Å²) in [7, 11) is 0. The van der Waals surface area contributed by atoms with Gasteiger partial charge in [-0.2, -0.15) is 0 Å². The van der Waals surface area contributed by atoms with Crippen LogP contribution in [0.2, 0.25) is 0 Å². The fourth-order valence-corrected chi connectivity index (χ4v) is 1.81. The molecule has 14 heavy (non-hydrogen) atoms. The molecular formula is C11H23NO2. The molecule has 3 nitrogen and oxygen atoms in total. The molecule has 0 saturated carbocycles. The molecule has 84 valence electrons. The van der Waals surface area contributed by atoms with Gasteiger partial charge in [0, 0.05) is 25.9 Å². The van der Waals surface area contributed by atoms with Gasteiger partial charge in [0.15, 0.2) is 0 Å². The van der Waals surface area contributed by atoms with Crippen LogP contribution in [0.1, 0.15) is 33.1 Å². The molecule has 1 aliphatic rings. The summed E-state index contributed by atoms with van der Waals surface area (Å²) in [5, 5.41) is 0. The predicted octanol–water partition coefficient (Wildman–Crippen LogP) is 1.56. The fraction of sp³-hybridized carbons (Fsp3) is 1.00. The lowest BCUT2D eigenvalue weighted by atomic mass is 10.0. The van der Waals surface area contributed by atoms with E-state index in [0.29, 0.717) is 5.92 Å². The van der Waals surface area contributed by atoms with Crippen LogP contribution >= 0.6 is 0 Å². The lowest BCUT2D eigenvalue weighted by Gasteiger charge is -2.24. The third-order valence-electron chi connectivity index (χ3n) is 2.66. The minimum Gasteiger partial charge on any atom is -0.381 e. The number of rotatable bonds is 5. The van der Waals surface area contributed by atoms with Gasteiger partial charge in [-0.05, 0) is 39.0 Å². The van der Waals surface area contributed by atoms with Crippen molar-refractivity contribution in [3.63, 3.8) is 0 Å². The Bertz CT molecular complexity index is 144.